The average Bonchev–Trinajstić information content (AvgIpc) is 3.22. The molecule has 4 aromatic rings. The number of thioether (sulfide) groups is 1. The molecule has 2 aromatic carbocycles. The molecule has 2 heterocycles. The van der Waals surface area contributed by atoms with Crippen LogP contribution in [0.15, 0.2) is 58.6 Å². The van der Waals surface area contributed by atoms with Crippen LogP contribution < -0.4 is 10.9 Å². The zero-order valence-corrected chi connectivity index (χ0v) is 20.2. The topological polar surface area (TPSA) is 81.8 Å². The quantitative estimate of drug-likeness (QED) is 0.306. The van der Waals surface area contributed by atoms with Crippen LogP contribution in [0, 0.1) is 13.8 Å². The van der Waals surface area contributed by atoms with Gasteiger partial charge in [0.25, 0.3) is 5.56 Å². The summed E-state index contributed by atoms with van der Waals surface area (Å²) in [6.07, 6.45) is 1.75. The van der Waals surface area contributed by atoms with Gasteiger partial charge in [0.2, 0.25) is 5.91 Å². The van der Waals surface area contributed by atoms with E-state index >= 15 is 0 Å². The highest BCUT2D eigenvalue weighted by molar-refractivity contribution is 7.99. The van der Waals surface area contributed by atoms with Gasteiger partial charge in [0, 0.05) is 17.3 Å². The van der Waals surface area contributed by atoms with Crippen LogP contribution in [0.4, 0.5) is 5.69 Å². The molecule has 33 heavy (non-hydrogen) atoms. The van der Waals surface area contributed by atoms with E-state index in [0.717, 1.165) is 22.4 Å². The number of benzene rings is 2. The molecule has 0 aliphatic heterocycles. The first kappa shape index (κ1) is 23.1. The van der Waals surface area contributed by atoms with Gasteiger partial charge >= 0.3 is 0 Å². The standard InChI is InChI=1S/C24H24ClN5O2S/c1-4-29-13-20-22(28-29)23(32)30(12-17-7-9-18(25)10-8-17)24(27-20)33-14-21(31)26-19-11-15(2)5-6-16(19)3/h5-11,13H,4,12,14H2,1-3H3,(H,26,31). The number of hydrogen-bond acceptors (Lipinski definition) is 5. The molecule has 9 heteroatoms. The van der Waals surface area contributed by atoms with E-state index in [1.54, 1.807) is 27.6 Å². The van der Waals surface area contributed by atoms with E-state index in [2.05, 4.69) is 15.4 Å². The highest BCUT2D eigenvalue weighted by Gasteiger charge is 2.17. The molecule has 0 unspecified atom stereocenters. The second-order valence-electron chi connectivity index (χ2n) is 7.79. The van der Waals surface area contributed by atoms with Gasteiger partial charge in [-0.05, 0) is 55.7 Å². The molecule has 0 radical (unpaired) electrons. The van der Waals surface area contributed by atoms with Crippen LogP contribution in [0.25, 0.3) is 11.0 Å². The van der Waals surface area contributed by atoms with Gasteiger partial charge in [-0.2, -0.15) is 5.10 Å². The number of halogens is 1. The van der Waals surface area contributed by atoms with Gasteiger partial charge in [-0.15, -0.1) is 0 Å². The number of fused-ring (bicyclic) bond motifs is 1. The Morgan fingerprint density at radius 1 is 1.15 bits per heavy atom. The van der Waals surface area contributed by atoms with Crippen LogP contribution >= 0.6 is 23.4 Å². The number of carbonyl (C=O) groups is 1. The van der Waals surface area contributed by atoms with E-state index in [4.69, 9.17) is 11.6 Å². The van der Waals surface area contributed by atoms with Crippen molar-refractivity contribution in [3.63, 3.8) is 0 Å². The highest BCUT2D eigenvalue weighted by Crippen LogP contribution is 2.21. The maximum atomic E-state index is 13.3. The SMILES string of the molecule is CCn1cc2nc(SCC(=O)Nc3cc(C)ccc3C)n(Cc3ccc(Cl)cc3)c(=O)c2n1. The second-order valence-corrected chi connectivity index (χ2v) is 9.16. The van der Waals surface area contributed by atoms with E-state index in [9.17, 15) is 9.59 Å². The van der Waals surface area contributed by atoms with E-state index in [1.165, 1.54) is 11.8 Å². The van der Waals surface area contributed by atoms with Crippen molar-refractivity contribution in [2.75, 3.05) is 11.1 Å². The number of amides is 1. The molecule has 0 atom stereocenters. The average molecular weight is 482 g/mol. The predicted octanol–water partition coefficient (Wildman–Crippen LogP) is 4.66. The number of nitrogens with one attached hydrogen (secondary N) is 1. The normalized spacial score (nSPS) is 11.2. The van der Waals surface area contributed by atoms with Crippen molar-refractivity contribution in [2.24, 2.45) is 0 Å². The van der Waals surface area contributed by atoms with E-state index in [1.807, 2.05) is 51.1 Å². The molecule has 0 fully saturated rings. The Hall–Kier alpha value is -3.10. The van der Waals surface area contributed by atoms with Crippen molar-refractivity contribution in [1.29, 1.82) is 0 Å². The fraction of sp³-hybridized carbons (Fsp3) is 0.250. The summed E-state index contributed by atoms with van der Waals surface area (Å²) in [5.41, 5.74) is 4.35. The van der Waals surface area contributed by atoms with Gasteiger partial charge in [-0.1, -0.05) is 47.6 Å². The minimum absolute atomic E-state index is 0.119. The molecule has 7 nitrogen and oxygen atoms in total. The summed E-state index contributed by atoms with van der Waals surface area (Å²) in [6, 6.07) is 13.2. The Morgan fingerprint density at radius 2 is 1.91 bits per heavy atom. The Labute approximate surface area is 200 Å². The Morgan fingerprint density at radius 3 is 2.64 bits per heavy atom. The molecular weight excluding hydrogens is 458 g/mol. The van der Waals surface area contributed by atoms with Crippen LogP contribution in [-0.2, 0) is 17.9 Å². The number of nitrogens with zero attached hydrogens (tertiary/aromatic N) is 4. The Balaban J connectivity index is 1.63. The molecule has 0 bridgehead atoms. The highest BCUT2D eigenvalue weighted by atomic mass is 35.5. The van der Waals surface area contributed by atoms with Gasteiger partial charge in [-0.25, -0.2) is 4.98 Å². The van der Waals surface area contributed by atoms with Crippen LogP contribution in [0.1, 0.15) is 23.6 Å². The molecule has 0 saturated carbocycles. The third-order valence-corrected chi connectivity index (χ3v) is 6.44. The smallest absolute Gasteiger partial charge is 0.282 e. The summed E-state index contributed by atoms with van der Waals surface area (Å²) in [6.45, 7) is 6.82. The third kappa shape index (κ3) is 5.29. The molecule has 1 N–H and O–H groups in total. The van der Waals surface area contributed by atoms with Crippen LogP contribution in [0.2, 0.25) is 5.02 Å². The second kappa shape index (κ2) is 9.80. The van der Waals surface area contributed by atoms with E-state index in [0.29, 0.717) is 34.3 Å². The lowest BCUT2D eigenvalue weighted by Crippen LogP contribution is -2.25. The van der Waals surface area contributed by atoms with Crippen molar-refractivity contribution >= 4 is 46.0 Å². The predicted molar refractivity (Wildman–Crippen MR) is 133 cm³/mol. The number of anilines is 1. The lowest BCUT2D eigenvalue weighted by atomic mass is 10.1. The minimum atomic E-state index is -0.236. The van der Waals surface area contributed by atoms with Crippen LogP contribution in [0.3, 0.4) is 0 Å². The molecule has 0 spiro atoms. The molecular formula is C24H24ClN5O2S. The number of rotatable bonds is 7. The van der Waals surface area contributed by atoms with Crippen molar-refractivity contribution in [3.8, 4) is 0 Å². The number of carbonyl (C=O) groups excluding carboxylic acids is 1. The zero-order valence-electron chi connectivity index (χ0n) is 18.6. The Bertz CT molecular complexity index is 1380. The summed E-state index contributed by atoms with van der Waals surface area (Å²) in [5.74, 6) is -0.0428. The van der Waals surface area contributed by atoms with Gasteiger partial charge < -0.3 is 5.32 Å². The first-order chi connectivity index (χ1) is 15.8. The monoisotopic (exact) mass is 481 g/mol. The zero-order chi connectivity index (χ0) is 23.5. The number of hydrogen-bond donors (Lipinski definition) is 1. The van der Waals surface area contributed by atoms with Gasteiger partial charge in [0.05, 0.1) is 18.5 Å². The van der Waals surface area contributed by atoms with E-state index < -0.39 is 0 Å². The fourth-order valence-corrected chi connectivity index (χ4v) is 4.32. The van der Waals surface area contributed by atoms with Gasteiger partial charge in [-0.3, -0.25) is 18.8 Å². The molecule has 1 amide bonds. The summed E-state index contributed by atoms with van der Waals surface area (Å²) < 4.78 is 3.25. The van der Waals surface area contributed by atoms with Crippen molar-refractivity contribution in [3.05, 3.63) is 80.7 Å². The Kier molecular flexibility index (Phi) is 6.85. The summed E-state index contributed by atoms with van der Waals surface area (Å²) in [7, 11) is 0. The first-order valence-corrected chi connectivity index (χ1v) is 11.9. The van der Waals surface area contributed by atoms with Crippen molar-refractivity contribution < 1.29 is 4.79 Å². The number of aryl methyl sites for hydroxylation is 3. The fourth-order valence-electron chi connectivity index (χ4n) is 3.39. The maximum absolute atomic E-state index is 13.3. The lowest BCUT2D eigenvalue weighted by Gasteiger charge is -2.13. The molecule has 0 aliphatic carbocycles. The van der Waals surface area contributed by atoms with Crippen LogP contribution in [-0.4, -0.2) is 31.0 Å². The van der Waals surface area contributed by atoms with Crippen molar-refractivity contribution in [1.82, 2.24) is 19.3 Å². The van der Waals surface area contributed by atoms with Crippen molar-refractivity contribution in [2.45, 2.75) is 39.0 Å². The maximum Gasteiger partial charge on any atom is 0.282 e. The molecule has 170 valence electrons. The summed E-state index contributed by atoms with van der Waals surface area (Å²) >= 11 is 7.23. The molecule has 4 rings (SSSR count). The van der Waals surface area contributed by atoms with Gasteiger partial charge in [0.1, 0.15) is 5.52 Å². The minimum Gasteiger partial charge on any atom is -0.325 e. The number of aromatic nitrogens is 4. The first-order valence-electron chi connectivity index (χ1n) is 10.6. The van der Waals surface area contributed by atoms with Gasteiger partial charge in [0.15, 0.2) is 10.7 Å². The molecule has 2 aromatic heterocycles. The van der Waals surface area contributed by atoms with E-state index in [-0.39, 0.29) is 17.2 Å². The summed E-state index contributed by atoms with van der Waals surface area (Å²) in [4.78, 5) is 30.6. The third-order valence-electron chi connectivity index (χ3n) is 5.21. The van der Waals surface area contributed by atoms with Crippen LogP contribution in [0.5, 0.6) is 0 Å². The largest absolute Gasteiger partial charge is 0.325 e. The summed E-state index contributed by atoms with van der Waals surface area (Å²) in [5, 5.41) is 8.42. The lowest BCUT2D eigenvalue weighted by molar-refractivity contribution is -0.113. The molecule has 0 saturated heterocycles. The molecule has 0 aliphatic rings.